The molecular formula is C12H15N3. The lowest BCUT2D eigenvalue weighted by atomic mass is 10.2. The molecule has 0 atom stereocenters. The molecule has 1 heterocycles. The summed E-state index contributed by atoms with van der Waals surface area (Å²) in [6.07, 6.45) is 5.19. The van der Waals surface area contributed by atoms with Crippen LogP contribution in [0.15, 0.2) is 31.1 Å². The Morgan fingerprint density at radius 1 is 1.67 bits per heavy atom. The Balaban J connectivity index is 3.11. The van der Waals surface area contributed by atoms with Crippen molar-refractivity contribution in [2.45, 2.75) is 19.9 Å². The van der Waals surface area contributed by atoms with E-state index in [4.69, 9.17) is 5.26 Å². The quantitative estimate of drug-likeness (QED) is 0.702. The molecule has 0 aliphatic carbocycles. The van der Waals surface area contributed by atoms with Gasteiger partial charge in [0.05, 0.1) is 17.4 Å². The van der Waals surface area contributed by atoms with Crippen LogP contribution in [-0.4, -0.2) is 17.6 Å². The van der Waals surface area contributed by atoms with E-state index in [1.165, 1.54) is 0 Å². The number of nitrogens with zero attached hydrogens (tertiary/aromatic N) is 3. The molecule has 78 valence electrons. The Morgan fingerprint density at radius 3 is 2.93 bits per heavy atom. The highest BCUT2D eigenvalue weighted by molar-refractivity contribution is 5.58. The Kier molecular flexibility index (Phi) is 3.87. The molecule has 0 spiro atoms. The normalized spacial score (nSPS) is 9.73. The van der Waals surface area contributed by atoms with Gasteiger partial charge in [-0.3, -0.25) is 4.98 Å². The van der Waals surface area contributed by atoms with E-state index >= 15 is 0 Å². The van der Waals surface area contributed by atoms with Gasteiger partial charge in [-0.1, -0.05) is 6.08 Å². The van der Waals surface area contributed by atoms with Crippen LogP contribution in [0.1, 0.15) is 19.4 Å². The fourth-order valence-corrected chi connectivity index (χ4v) is 1.44. The van der Waals surface area contributed by atoms with Gasteiger partial charge in [-0.15, -0.1) is 6.58 Å². The lowest BCUT2D eigenvalue weighted by Gasteiger charge is -2.27. The molecule has 3 nitrogen and oxygen atoms in total. The highest BCUT2D eigenvalue weighted by Crippen LogP contribution is 2.20. The van der Waals surface area contributed by atoms with E-state index in [1.807, 2.05) is 6.08 Å². The standard InChI is InChI=1S/C12H15N3/c1-4-7-15(10(2)3)12-9-14-6-5-11(12)8-13/h4-6,9-10H,1,7H2,2-3H3. The number of aromatic nitrogens is 1. The molecule has 0 amide bonds. The third kappa shape index (κ3) is 2.57. The lowest BCUT2D eigenvalue weighted by Crippen LogP contribution is -2.31. The monoisotopic (exact) mass is 201 g/mol. The van der Waals surface area contributed by atoms with Crippen LogP contribution in [0.25, 0.3) is 0 Å². The zero-order valence-electron chi connectivity index (χ0n) is 9.14. The maximum absolute atomic E-state index is 8.99. The minimum atomic E-state index is 0.319. The average molecular weight is 201 g/mol. The van der Waals surface area contributed by atoms with E-state index in [1.54, 1.807) is 18.5 Å². The summed E-state index contributed by atoms with van der Waals surface area (Å²) in [6.45, 7) is 8.60. The summed E-state index contributed by atoms with van der Waals surface area (Å²) in [5.74, 6) is 0. The molecule has 0 bridgehead atoms. The van der Waals surface area contributed by atoms with E-state index in [9.17, 15) is 0 Å². The fourth-order valence-electron chi connectivity index (χ4n) is 1.44. The van der Waals surface area contributed by atoms with Crippen molar-refractivity contribution in [3.8, 4) is 6.07 Å². The minimum Gasteiger partial charge on any atom is -0.363 e. The Hall–Kier alpha value is -1.82. The second kappa shape index (κ2) is 5.16. The molecule has 0 aliphatic rings. The number of hydrogen-bond acceptors (Lipinski definition) is 3. The van der Waals surface area contributed by atoms with E-state index in [0.717, 1.165) is 12.2 Å². The third-order valence-electron chi connectivity index (χ3n) is 2.18. The van der Waals surface area contributed by atoms with Crippen molar-refractivity contribution < 1.29 is 0 Å². The zero-order valence-corrected chi connectivity index (χ0v) is 9.14. The van der Waals surface area contributed by atoms with E-state index in [0.29, 0.717) is 11.6 Å². The highest BCUT2D eigenvalue weighted by Gasteiger charge is 2.12. The molecule has 0 saturated heterocycles. The predicted octanol–water partition coefficient (Wildman–Crippen LogP) is 2.35. The van der Waals surface area contributed by atoms with Crippen molar-refractivity contribution in [3.05, 3.63) is 36.7 Å². The molecule has 1 aromatic heterocycles. The molecular weight excluding hydrogens is 186 g/mol. The molecule has 0 saturated carbocycles. The molecule has 3 heteroatoms. The number of hydrogen-bond donors (Lipinski definition) is 0. The number of anilines is 1. The van der Waals surface area contributed by atoms with Crippen molar-refractivity contribution in [1.29, 1.82) is 5.26 Å². The van der Waals surface area contributed by atoms with Gasteiger partial charge in [-0.25, -0.2) is 0 Å². The third-order valence-corrected chi connectivity index (χ3v) is 2.18. The maximum Gasteiger partial charge on any atom is 0.101 e. The van der Waals surface area contributed by atoms with Crippen molar-refractivity contribution in [2.75, 3.05) is 11.4 Å². The van der Waals surface area contributed by atoms with E-state index < -0.39 is 0 Å². The van der Waals surface area contributed by atoms with Gasteiger partial charge in [0.1, 0.15) is 6.07 Å². The van der Waals surface area contributed by atoms with Gasteiger partial charge in [0.15, 0.2) is 0 Å². The first-order chi connectivity index (χ1) is 7.20. The second-order valence-corrected chi connectivity index (χ2v) is 3.54. The van der Waals surface area contributed by atoms with Crippen molar-refractivity contribution in [2.24, 2.45) is 0 Å². The molecule has 1 aromatic rings. The number of pyridine rings is 1. The lowest BCUT2D eigenvalue weighted by molar-refractivity contribution is 0.721. The second-order valence-electron chi connectivity index (χ2n) is 3.54. The van der Waals surface area contributed by atoms with Crippen LogP contribution in [0.2, 0.25) is 0 Å². The first-order valence-electron chi connectivity index (χ1n) is 4.92. The van der Waals surface area contributed by atoms with Crippen LogP contribution in [0, 0.1) is 11.3 Å². The van der Waals surface area contributed by atoms with Crippen molar-refractivity contribution >= 4 is 5.69 Å². The first kappa shape index (κ1) is 11.3. The van der Waals surface area contributed by atoms with Crippen LogP contribution in [0.5, 0.6) is 0 Å². The molecule has 15 heavy (non-hydrogen) atoms. The SMILES string of the molecule is C=CCN(c1cnccc1C#N)C(C)C. The summed E-state index contributed by atoms with van der Waals surface area (Å²) in [5, 5.41) is 8.99. The maximum atomic E-state index is 8.99. The van der Waals surface area contributed by atoms with E-state index in [2.05, 4.69) is 36.4 Å². The highest BCUT2D eigenvalue weighted by atomic mass is 15.2. The zero-order chi connectivity index (χ0) is 11.3. The van der Waals surface area contributed by atoms with Gasteiger partial charge >= 0.3 is 0 Å². The summed E-state index contributed by atoms with van der Waals surface area (Å²) < 4.78 is 0. The Labute approximate surface area is 90.7 Å². The number of nitriles is 1. The fraction of sp³-hybridized carbons (Fsp3) is 0.333. The van der Waals surface area contributed by atoms with Crippen molar-refractivity contribution in [1.82, 2.24) is 4.98 Å². The average Bonchev–Trinajstić information content (AvgIpc) is 2.25. The minimum absolute atomic E-state index is 0.319. The first-order valence-corrected chi connectivity index (χ1v) is 4.92. The molecule has 0 fully saturated rings. The van der Waals surface area contributed by atoms with Crippen LogP contribution in [-0.2, 0) is 0 Å². The summed E-state index contributed by atoms with van der Waals surface area (Å²) in [4.78, 5) is 6.15. The molecule has 1 rings (SSSR count). The van der Waals surface area contributed by atoms with Crippen molar-refractivity contribution in [3.63, 3.8) is 0 Å². The van der Waals surface area contributed by atoms with Gasteiger partial charge in [0.2, 0.25) is 0 Å². The predicted molar refractivity (Wildman–Crippen MR) is 61.6 cm³/mol. The number of rotatable bonds is 4. The Morgan fingerprint density at radius 2 is 2.40 bits per heavy atom. The largest absolute Gasteiger partial charge is 0.363 e. The topological polar surface area (TPSA) is 39.9 Å². The summed E-state index contributed by atoms with van der Waals surface area (Å²) in [6, 6.07) is 4.22. The van der Waals surface area contributed by atoms with Gasteiger partial charge in [0, 0.05) is 18.8 Å². The molecule has 0 unspecified atom stereocenters. The van der Waals surface area contributed by atoms with Crippen LogP contribution in [0.4, 0.5) is 5.69 Å². The van der Waals surface area contributed by atoms with Gasteiger partial charge in [-0.05, 0) is 19.9 Å². The van der Waals surface area contributed by atoms with Crippen LogP contribution >= 0.6 is 0 Å². The van der Waals surface area contributed by atoms with Gasteiger partial charge in [-0.2, -0.15) is 5.26 Å². The summed E-state index contributed by atoms with van der Waals surface area (Å²) >= 11 is 0. The summed E-state index contributed by atoms with van der Waals surface area (Å²) in [5.41, 5.74) is 1.52. The molecule has 0 N–H and O–H groups in total. The Bertz CT molecular complexity index is 377. The van der Waals surface area contributed by atoms with Crippen LogP contribution < -0.4 is 4.90 Å². The molecule has 0 aromatic carbocycles. The van der Waals surface area contributed by atoms with Crippen LogP contribution in [0.3, 0.4) is 0 Å². The molecule has 0 aliphatic heterocycles. The summed E-state index contributed by atoms with van der Waals surface area (Å²) in [7, 11) is 0. The van der Waals surface area contributed by atoms with E-state index in [-0.39, 0.29) is 0 Å². The van der Waals surface area contributed by atoms with Gasteiger partial charge < -0.3 is 4.90 Å². The van der Waals surface area contributed by atoms with Gasteiger partial charge in [0.25, 0.3) is 0 Å². The smallest absolute Gasteiger partial charge is 0.101 e. The molecule has 0 radical (unpaired) electrons.